The molecule has 1 amide bonds. The van der Waals surface area contributed by atoms with Gasteiger partial charge in [-0.3, -0.25) is 4.79 Å². The van der Waals surface area contributed by atoms with Gasteiger partial charge in [0, 0.05) is 20.1 Å². The molecule has 0 aliphatic heterocycles. The van der Waals surface area contributed by atoms with E-state index in [1.165, 1.54) is 6.92 Å². The molecule has 0 aromatic rings. The molecule has 0 spiro atoms. The molecule has 0 aromatic heterocycles. The lowest BCUT2D eigenvalue weighted by Gasteiger charge is -2.24. The van der Waals surface area contributed by atoms with Crippen LogP contribution in [0.1, 0.15) is 75.7 Å². The molecule has 20 heavy (non-hydrogen) atoms. The van der Waals surface area contributed by atoms with Gasteiger partial charge in [0.15, 0.2) is 0 Å². The summed E-state index contributed by atoms with van der Waals surface area (Å²) in [5.41, 5.74) is 4.98. The predicted octanol–water partition coefficient (Wildman–Crippen LogP) is 3.73. The van der Waals surface area contributed by atoms with Crippen molar-refractivity contribution < 1.29 is 9.53 Å². The summed E-state index contributed by atoms with van der Waals surface area (Å²) in [4.78, 5) is 10.5. The van der Waals surface area contributed by atoms with Crippen molar-refractivity contribution in [2.75, 3.05) is 13.2 Å². The van der Waals surface area contributed by atoms with E-state index in [0.717, 1.165) is 6.42 Å². The minimum Gasteiger partial charge on any atom is -0.376 e. The van der Waals surface area contributed by atoms with Gasteiger partial charge >= 0.3 is 0 Å². The zero-order valence-electron chi connectivity index (χ0n) is 15.6. The highest BCUT2D eigenvalue weighted by atomic mass is 16.5. The minimum absolute atomic E-state index is 0.0160. The van der Waals surface area contributed by atoms with Gasteiger partial charge in [-0.05, 0) is 33.2 Å². The Morgan fingerprint density at radius 2 is 1.55 bits per heavy atom. The Morgan fingerprint density at radius 3 is 1.80 bits per heavy atom. The molecule has 0 aliphatic rings. The average Bonchev–Trinajstić information content (AvgIpc) is 2.32. The number of carbonyl (C=O) groups is 1. The Kier molecular flexibility index (Phi) is 28.7. The van der Waals surface area contributed by atoms with E-state index in [1.54, 1.807) is 0 Å². The number of amides is 1. The monoisotopic (exact) mass is 292 g/mol. The zero-order chi connectivity index (χ0) is 17.2. The Morgan fingerprint density at radius 1 is 1.20 bits per heavy atom. The molecule has 4 nitrogen and oxygen atoms in total. The average molecular weight is 293 g/mol. The van der Waals surface area contributed by atoms with Gasteiger partial charge in [0.1, 0.15) is 0 Å². The van der Waals surface area contributed by atoms with Crippen LogP contribution in [-0.2, 0) is 9.53 Å². The van der Waals surface area contributed by atoms with E-state index < -0.39 is 0 Å². The third-order valence-corrected chi connectivity index (χ3v) is 1.64. The minimum atomic E-state index is -0.128. The second-order valence-electron chi connectivity index (χ2n) is 4.67. The molecule has 0 saturated heterocycles. The van der Waals surface area contributed by atoms with E-state index in [0.29, 0.717) is 19.2 Å². The SMILES string of the molecule is CC.CC.CC(C)N.CCOC(C)(C)CCNC(C)=O. The molecule has 0 aliphatic carbocycles. The van der Waals surface area contributed by atoms with E-state index in [4.69, 9.17) is 10.5 Å². The molecular formula is C16H40N2O2. The molecule has 0 heterocycles. The third kappa shape index (κ3) is 43.3. The number of rotatable bonds is 5. The second kappa shape index (κ2) is 20.7. The number of hydrogen-bond donors (Lipinski definition) is 2. The molecule has 0 aromatic carbocycles. The molecule has 0 unspecified atom stereocenters. The Balaban J connectivity index is -0.000000134. The van der Waals surface area contributed by atoms with Gasteiger partial charge in [-0.25, -0.2) is 0 Å². The summed E-state index contributed by atoms with van der Waals surface area (Å²) in [7, 11) is 0. The van der Waals surface area contributed by atoms with Crippen LogP contribution in [0, 0.1) is 0 Å². The van der Waals surface area contributed by atoms with Gasteiger partial charge < -0.3 is 15.8 Å². The van der Waals surface area contributed by atoms with Gasteiger partial charge in [0.05, 0.1) is 5.60 Å². The summed E-state index contributed by atoms with van der Waals surface area (Å²) in [5, 5.41) is 2.74. The van der Waals surface area contributed by atoms with Crippen LogP contribution < -0.4 is 11.1 Å². The third-order valence-electron chi connectivity index (χ3n) is 1.64. The number of carbonyl (C=O) groups excluding carboxylic acids is 1. The first-order valence-corrected chi connectivity index (χ1v) is 7.85. The fourth-order valence-electron chi connectivity index (χ4n) is 1.00. The lowest BCUT2D eigenvalue weighted by atomic mass is 10.1. The van der Waals surface area contributed by atoms with E-state index >= 15 is 0 Å². The van der Waals surface area contributed by atoms with Crippen molar-refractivity contribution in [2.24, 2.45) is 5.73 Å². The summed E-state index contributed by atoms with van der Waals surface area (Å²) >= 11 is 0. The Labute approximate surface area is 127 Å². The first-order valence-electron chi connectivity index (χ1n) is 7.85. The van der Waals surface area contributed by atoms with E-state index in [9.17, 15) is 4.79 Å². The molecule has 0 fully saturated rings. The first kappa shape index (κ1) is 27.7. The van der Waals surface area contributed by atoms with Crippen molar-refractivity contribution in [1.29, 1.82) is 0 Å². The lowest BCUT2D eigenvalue weighted by molar-refractivity contribution is -0.119. The van der Waals surface area contributed by atoms with Crippen LogP contribution in [0.15, 0.2) is 0 Å². The lowest BCUT2D eigenvalue weighted by Crippen LogP contribution is -2.31. The largest absolute Gasteiger partial charge is 0.376 e. The van der Waals surface area contributed by atoms with Crippen LogP contribution in [0.25, 0.3) is 0 Å². The van der Waals surface area contributed by atoms with Crippen molar-refractivity contribution in [3.8, 4) is 0 Å². The summed E-state index contributed by atoms with van der Waals surface area (Å²) in [5.74, 6) is 0.0160. The van der Waals surface area contributed by atoms with Gasteiger partial charge in [-0.1, -0.05) is 41.5 Å². The summed E-state index contributed by atoms with van der Waals surface area (Å²) in [6, 6.07) is 0.333. The zero-order valence-corrected chi connectivity index (χ0v) is 15.6. The predicted molar refractivity (Wildman–Crippen MR) is 91.0 cm³/mol. The van der Waals surface area contributed by atoms with Crippen LogP contribution in [-0.4, -0.2) is 30.7 Å². The van der Waals surface area contributed by atoms with Crippen LogP contribution in [0.4, 0.5) is 0 Å². The van der Waals surface area contributed by atoms with Crippen molar-refractivity contribution >= 4 is 5.91 Å². The standard InChI is InChI=1S/C9H19NO2.C3H9N.2C2H6/c1-5-12-9(3,4)6-7-10-8(2)11;1-3(2)4;2*1-2/h5-7H2,1-4H3,(H,10,11);3H,4H2,1-2H3;2*1-2H3. The highest BCUT2D eigenvalue weighted by Crippen LogP contribution is 2.12. The smallest absolute Gasteiger partial charge is 0.216 e. The van der Waals surface area contributed by atoms with E-state index in [-0.39, 0.29) is 11.5 Å². The second-order valence-corrected chi connectivity index (χ2v) is 4.67. The summed E-state index contributed by atoms with van der Waals surface area (Å²) in [6.45, 7) is 20.8. The molecule has 0 rings (SSSR count). The van der Waals surface area contributed by atoms with Crippen LogP contribution in [0.2, 0.25) is 0 Å². The summed E-state index contributed by atoms with van der Waals surface area (Å²) < 4.78 is 5.46. The molecular weight excluding hydrogens is 252 g/mol. The quantitative estimate of drug-likeness (QED) is 0.811. The molecule has 4 heteroatoms. The topological polar surface area (TPSA) is 64.3 Å². The van der Waals surface area contributed by atoms with Crippen LogP contribution in [0.5, 0.6) is 0 Å². The molecule has 126 valence electrons. The molecule has 3 N–H and O–H groups in total. The molecule has 0 bridgehead atoms. The van der Waals surface area contributed by atoms with Crippen LogP contribution in [0.3, 0.4) is 0 Å². The van der Waals surface area contributed by atoms with Gasteiger partial charge in [0.25, 0.3) is 0 Å². The van der Waals surface area contributed by atoms with E-state index in [2.05, 4.69) is 5.32 Å². The highest BCUT2D eigenvalue weighted by Gasteiger charge is 2.16. The van der Waals surface area contributed by atoms with Gasteiger partial charge in [-0.15, -0.1) is 0 Å². The van der Waals surface area contributed by atoms with Crippen molar-refractivity contribution in [1.82, 2.24) is 5.32 Å². The number of hydrogen-bond acceptors (Lipinski definition) is 3. The fourth-order valence-corrected chi connectivity index (χ4v) is 1.00. The van der Waals surface area contributed by atoms with Crippen LogP contribution >= 0.6 is 0 Å². The van der Waals surface area contributed by atoms with Crippen molar-refractivity contribution in [2.45, 2.75) is 87.3 Å². The highest BCUT2D eigenvalue weighted by molar-refractivity contribution is 5.72. The van der Waals surface area contributed by atoms with Crippen molar-refractivity contribution in [3.05, 3.63) is 0 Å². The van der Waals surface area contributed by atoms with Gasteiger partial charge in [0.2, 0.25) is 5.91 Å². The maximum absolute atomic E-state index is 10.5. The van der Waals surface area contributed by atoms with Crippen molar-refractivity contribution in [3.63, 3.8) is 0 Å². The molecule has 0 saturated carbocycles. The molecule has 0 radical (unpaired) electrons. The van der Waals surface area contributed by atoms with Gasteiger partial charge in [-0.2, -0.15) is 0 Å². The maximum Gasteiger partial charge on any atom is 0.216 e. The first-order chi connectivity index (χ1) is 9.21. The number of ether oxygens (including phenoxy) is 1. The Hall–Kier alpha value is -0.610. The molecule has 0 atom stereocenters. The van der Waals surface area contributed by atoms with E-state index in [1.807, 2.05) is 62.3 Å². The Bertz CT molecular complexity index is 179. The number of nitrogens with two attached hydrogens (primary N) is 1. The normalized spacial score (nSPS) is 9.20. The summed E-state index contributed by atoms with van der Waals surface area (Å²) in [6.07, 6.45) is 0.848. The number of nitrogens with one attached hydrogen (secondary N) is 1. The fraction of sp³-hybridized carbons (Fsp3) is 0.938. The maximum atomic E-state index is 10.5.